The van der Waals surface area contributed by atoms with Crippen LogP contribution < -0.4 is 9.47 Å². The number of hydrogen-bond donors (Lipinski definition) is 0. The van der Waals surface area contributed by atoms with Crippen LogP contribution >= 0.6 is 0 Å². The second kappa shape index (κ2) is 11.9. The van der Waals surface area contributed by atoms with E-state index >= 15 is 8.78 Å². The van der Waals surface area contributed by atoms with E-state index in [1.807, 2.05) is 0 Å². The zero-order valence-electron chi connectivity index (χ0n) is 22.1. The standard InChI is InChI=1S/C28H2F14N4O2/c1-44-46-6-3-7(47-27-19(35)11-9(17(33)25(27)41)13(29)21(37)23(39)15(11)31)5(45-4-43)2-8(6)48-28-20(36)12-10(18(34)26(28)42)14(30)22(38)24(40)16(12)32/h2-3H. The minimum absolute atomic E-state index is 0.314. The molecule has 1 aliphatic rings. The molecule has 0 amide bonds. The quantitative estimate of drug-likeness (QED) is 0.0411. The average molecular weight is 692 g/mol. The van der Waals surface area contributed by atoms with Crippen molar-refractivity contribution in [2.24, 2.45) is 10.1 Å². The summed E-state index contributed by atoms with van der Waals surface area (Å²) in [5.74, 6) is -41.8. The van der Waals surface area contributed by atoms with Crippen LogP contribution in [0.25, 0.3) is 26.5 Å². The molecule has 244 valence electrons. The maximum Gasteiger partial charge on any atom is 0.206 e. The molecule has 1 aliphatic carbocycles. The molecule has 20 heteroatoms. The van der Waals surface area contributed by atoms with Crippen molar-refractivity contribution >= 4 is 33.0 Å². The van der Waals surface area contributed by atoms with Crippen LogP contribution in [-0.4, -0.2) is 11.4 Å². The van der Waals surface area contributed by atoms with Crippen molar-refractivity contribution in [2.75, 3.05) is 0 Å². The lowest BCUT2D eigenvalue weighted by atomic mass is 10.0. The van der Waals surface area contributed by atoms with Gasteiger partial charge in [-0.3, -0.25) is 0 Å². The largest absolute Gasteiger partial charge is 0.449 e. The van der Waals surface area contributed by atoms with E-state index in [0.29, 0.717) is 12.2 Å². The van der Waals surface area contributed by atoms with Gasteiger partial charge in [-0.25, -0.2) is 52.7 Å². The third-order valence-electron chi connectivity index (χ3n) is 6.39. The molecule has 0 spiro atoms. The number of halogens is 14. The Hall–Kier alpha value is -6.18. The lowest BCUT2D eigenvalue weighted by molar-refractivity contribution is 0.364. The van der Waals surface area contributed by atoms with Crippen LogP contribution in [0.3, 0.4) is 0 Å². The first kappa shape index (κ1) is 33.2. The SMILES string of the molecule is [C-]#[N+]N=C1C=C(Oc2c(F)c(F)c3c(F)c(F)c(F)c(F)c3c2F)C(=NC#N)C=C1Oc1c(F)c(F)c2c(F)c(F)c(F)c(F)c2c1F. The number of nitrogens with zero attached hydrogens (tertiary/aromatic N) is 4. The first-order valence-corrected chi connectivity index (χ1v) is 11.9. The fourth-order valence-electron chi connectivity index (χ4n) is 4.30. The number of fused-ring (bicyclic) bond motifs is 2. The Morgan fingerprint density at radius 2 is 0.792 bits per heavy atom. The molecule has 0 unspecified atom stereocenters. The highest BCUT2D eigenvalue weighted by atomic mass is 19.2. The Bertz CT molecular complexity index is 2210. The van der Waals surface area contributed by atoms with Crippen molar-refractivity contribution in [2.45, 2.75) is 0 Å². The zero-order valence-corrected chi connectivity index (χ0v) is 22.1. The molecule has 0 bridgehead atoms. The molecule has 6 nitrogen and oxygen atoms in total. The Morgan fingerprint density at radius 3 is 1.15 bits per heavy atom. The molecule has 0 saturated heterocycles. The monoisotopic (exact) mass is 692 g/mol. The molecule has 0 aliphatic heterocycles. The van der Waals surface area contributed by atoms with Gasteiger partial charge in [-0.2, -0.15) is 25.6 Å². The van der Waals surface area contributed by atoms with E-state index in [0.717, 1.165) is 6.19 Å². The summed E-state index contributed by atoms with van der Waals surface area (Å²) in [4.78, 5) is 5.63. The van der Waals surface area contributed by atoms with Crippen molar-refractivity contribution in [3.8, 4) is 17.7 Å². The van der Waals surface area contributed by atoms with Gasteiger partial charge in [0.1, 0.15) is 5.71 Å². The molecule has 48 heavy (non-hydrogen) atoms. The van der Waals surface area contributed by atoms with Gasteiger partial charge in [0.15, 0.2) is 87.0 Å². The van der Waals surface area contributed by atoms with Gasteiger partial charge in [0.25, 0.3) is 0 Å². The summed E-state index contributed by atoms with van der Waals surface area (Å²) in [5.41, 5.74) is -2.08. The van der Waals surface area contributed by atoms with E-state index in [-0.39, 0.29) is 0 Å². The number of allylic oxidation sites excluding steroid dienone is 2. The first-order chi connectivity index (χ1) is 22.6. The maximum atomic E-state index is 15.2. The third-order valence-corrected chi connectivity index (χ3v) is 6.39. The summed E-state index contributed by atoms with van der Waals surface area (Å²) in [5, 5.41) is 4.12. The van der Waals surface area contributed by atoms with E-state index in [2.05, 4.69) is 15.0 Å². The maximum absolute atomic E-state index is 15.2. The van der Waals surface area contributed by atoms with Gasteiger partial charge in [-0.05, 0) is 0 Å². The van der Waals surface area contributed by atoms with Crippen LogP contribution in [0.2, 0.25) is 0 Å². The van der Waals surface area contributed by atoms with Crippen LogP contribution in [0.15, 0.2) is 33.8 Å². The predicted molar refractivity (Wildman–Crippen MR) is 132 cm³/mol. The number of nitriles is 1. The molecule has 0 N–H and O–H groups in total. The number of benzene rings is 4. The predicted octanol–water partition coefficient (Wildman–Crippen LogP) is 8.38. The zero-order chi connectivity index (χ0) is 35.5. The van der Waals surface area contributed by atoms with Gasteiger partial charge in [0.05, 0.1) is 26.6 Å². The molecule has 0 radical (unpaired) electrons. The van der Waals surface area contributed by atoms with Crippen molar-refractivity contribution in [3.63, 3.8) is 0 Å². The number of rotatable bonds is 4. The second-order valence-corrected chi connectivity index (χ2v) is 8.96. The van der Waals surface area contributed by atoms with Crippen molar-refractivity contribution in [3.05, 3.63) is 117 Å². The van der Waals surface area contributed by atoms with Gasteiger partial charge in [-0.15, -0.1) is 4.95 Å². The van der Waals surface area contributed by atoms with Crippen LogP contribution in [0.5, 0.6) is 11.5 Å². The van der Waals surface area contributed by atoms with Crippen molar-refractivity contribution < 1.29 is 70.9 Å². The van der Waals surface area contributed by atoms with Crippen molar-refractivity contribution in [1.29, 1.82) is 5.26 Å². The Labute approximate surface area is 254 Å². The molecular weight excluding hydrogens is 690 g/mol. The fraction of sp³-hybridized carbons (Fsp3) is 0. The molecular formula is C28H2F14N4O2. The molecule has 0 atom stereocenters. The number of aliphatic imine (C=N–C) groups is 1. The molecule has 0 fully saturated rings. The van der Waals surface area contributed by atoms with Crippen molar-refractivity contribution in [1.82, 2.24) is 0 Å². The summed E-state index contributed by atoms with van der Waals surface area (Å²) >= 11 is 0. The van der Waals surface area contributed by atoms with Gasteiger partial charge in [-0.1, -0.05) is 0 Å². The second-order valence-electron chi connectivity index (χ2n) is 8.96. The average Bonchev–Trinajstić information content (AvgIpc) is 3.05. The van der Waals surface area contributed by atoms with Gasteiger partial charge >= 0.3 is 0 Å². The van der Waals surface area contributed by atoms with Crippen LogP contribution in [0, 0.1) is 99.5 Å². The minimum Gasteiger partial charge on any atom is -0.449 e. The first-order valence-electron chi connectivity index (χ1n) is 11.9. The van der Waals surface area contributed by atoms with Gasteiger partial charge in [0, 0.05) is 12.2 Å². The lowest BCUT2D eigenvalue weighted by Crippen LogP contribution is -2.21. The van der Waals surface area contributed by atoms with E-state index < -0.39 is 137 Å². The number of hydrogen-bond acceptors (Lipinski definition) is 5. The van der Waals surface area contributed by atoms with Crippen LogP contribution in [0.1, 0.15) is 0 Å². The highest BCUT2D eigenvalue weighted by Crippen LogP contribution is 2.41. The summed E-state index contributed by atoms with van der Waals surface area (Å²) in [6.45, 7) is 6.93. The van der Waals surface area contributed by atoms with E-state index in [9.17, 15) is 52.7 Å². The Balaban J connectivity index is 1.67. The van der Waals surface area contributed by atoms with Crippen LogP contribution in [0.4, 0.5) is 61.5 Å². The molecule has 4 aromatic rings. The number of ether oxygens (including phenoxy) is 2. The molecule has 0 heterocycles. The fourth-order valence-corrected chi connectivity index (χ4v) is 4.30. The molecule has 0 aromatic heterocycles. The van der Waals surface area contributed by atoms with E-state index in [1.165, 1.54) is 0 Å². The van der Waals surface area contributed by atoms with Crippen LogP contribution in [-0.2, 0) is 0 Å². The third kappa shape index (κ3) is 4.80. The van der Waals surface area contributed by atoms with E-state index in [1.54, 1.807) is 0 Å². The lowest BCUT2D eigenvalue weighted by Gasteiger charge is -2.19. The highest BCUT2D eigenvalue weighted by Gasteiger charge is 2.35. The van der Waals surface area contributed by atoms with E-state index in [4.69, 9.17) is 21.3 Å². The molecule has 5 rings (SSSR count). The smallest absolute Gasteiger partial charge is 0.206 e. The highest BCUT2D eigenvalue weighted by molar-refractivity contribution is 6.22. The molecule has 4 aromatic carbocycles. The topological polar surface area (TPSA) is 71.3 Å². The summed E-state index contributed by atoms with van der Waals surface area (Å²) < 4.78 is 211. The Morgan fingerprint density at radius 1 is 0.479 bits per heavy atom. The summed E-state index contributed by atoms with van der Waals surface area (Å²) in [7, 11) is 0. The Kier molecular flexibility index (Phi) is 8.21. The molecule has 0 saturated carbocycles. The summed E-state index contributed by atoms with van der Waals surface area (Å²) in [6.07, 6.45) is 1.72. The normalized spacial score (nSPS) is 14.8. The summed E-state index contributed by atoms with van der Waals surface area (Å²) in [6, 6.07) is 0. The van der Waals surface area contributed by atoms with Gasteiger partial charge < -0.3 is 9.47 Å². The minimum atomic E-state index is -2.64. The van der Waals surface area contributed by atoms with Gasteiger partial charge in [0.2, 0.25) is 29.3 Å².